The normalized spacial score (nSPS) is 16.5. The molecule has 1 atom stereocenters. The molecule has 0 bridgehead atoms. The smallest absolute Gasteiger partial charge is 0.329 e. The molecule has 0 aromatic heterocycles. The summed E-state index contributed by atoms with van der Waals surface area (Å²) in [7, 11) is -7.32. The van der Waals surface area contributed by atoms with Crippen molar-refractivity contribution in [1.29, 1.82) is 0 Å². The number of rotatable bonds is 9. The third-order valence-corrected chi connectivity index (χ3v) is 5.74. The first-order chi connectivity index (χ1) is 15.2. The minimum atomic E-state index is -8.81. The number of nitrogens with two attached hydrogens (primary N) is 2. The van der Waals surface area contributed by atoms with Crippen LogP contribution in [0.25, 0.3) is 0 Å². The highest BCUT2D eigenvalue weighted by atomic mass is 32.2. The number of alkyl halides is 17. The molecule has 0 spiro atoms. The highest BCUT2D eigenvalue weighted by molar-refractivity contribution is 7.90. The predicted molar refractivity (Wildman–Crippen MR) is 86.0 cm³/mol. The zero-order valence-corrected chi connectivity index (χ0v) is 18.4. The molecule has 0 amide bonds. The Bertz CT molecular complexity index is 852. The van der Waals surface area contributed by atoms with E-state index in [1.807, 2.05) is 6.92 Å². The molecule has 220 valence electrons. The number of halogens is 17. The van der Waals surface area contributed by atoms with Crippen molar-refractivity contribution in [3.63, 3.8) is 0 Å². The first-order valence-electron chi connectivity index (χ1n) is 8.30. The van der Waals surface area contributed by atoms with E-state index in [0.717, 1.165) is 0 Å². The first-order valence-corrected chi connectivity index (χ1v) is 9.74. The van der Waals surface area contributed by atoms with Crippen LogP contribution in [0.3, 0.4) is 0 Å². The van der Waals surface area contributed by atoms with Gasteiger partial charge in [-0.05, 0) is 6.92 Å². The lowest BCUT2D eigenvalue weighted by atomic mass is 9.91. The molecule has 36 heavy (non-hydrogen) atoms. The molecule has 0 aliphatic carbocycles. The summed E-state index contributed by atoms with van der Waals surface area (Å²) in [6.45, 7) is 2.46. The van der Waals surface area contributed by atoms with Crippen LogP contribution >= 0.6 is 0 Å². The molecular weight excluding hydrogens is 585 g/mol. The average molecular weight is 601 g/mol. The number of sulfonamides is 1. The van der Waals surface area contributed by atoms with Crippen molar-refractivity contribution < 1.29 is 83.1 Å². The fourth-order valence-corrected chi connectivity index (χ4v) is 2.45. The van der Waals surface area contributed by atoms with Gasteiger partial charge in [0.2, 0.25) is 0 Å². The first kappa shape index (κ1) is 36.8. The van der Waals surface area contributed by atoms with E-state index < -0.39 is 61.3 Å². The second kappa shape index (κ2) is 10.1. The second-order valence-electron chi connectivity index (χ2n) is 6.96. The van der Waals surface area contributed by atoms with Crippen molar-refractivity contribution in [3.8, 4) is 0 Å². The molecule has 0 heterocycles. The summed E-state index contributed by atoms with van der Waals surface area (Å²) in [6.07, 6.45) is -7.86. The van der Waals surface area contributed by atoms with Crippen molar-refractivity contribution >= 4 is 10.0 Å². The van der Waals surface area contributed by atoms with Gasteiger partial charge in [0, 0.05) is 26.7 Å². The lowest BCUT2D eigenvalue weighted by Gasteiger charge is -2.42. The Hall–Kier alpha value is -1.36. The third-order valence-electron chi connectivity index (χ3n) is 3.87. The van der Waals surface area contributed by atoms with Crippen molar-refractivity contribution in [2.45, 2.75) is 59.9 Å². The van der Waals surface area contributed by atoms with E-state index in [9.17, 15) is 83.1 Å². The van der Waals surface area contributed by atoms with Gasteiger partial charge in [-0.15, -0.1) is 0 Å². The summed E-state index contributed by atoms with van der Waals surface area (Å²) >= 11 is 0. The van der Waals surface area contributed by atoms with Crippen LogP contribution in [0, 0.1) is 0 Å². The van der Waals surface area contributed by atoms with Crippen LogP contribution in [0.2, 0.25) is 0 Å². The number of hydrogen-bond acceptors (Lipinski definition) is 4. The molecule has 0 aliphatic rings. The number of nitrogens with zero attached hydrogens (tertiary/aromatic N) is 1. The van der Waals surface area contributed by atoms with E-state index in [0.29, 0.717) is 6.54 Å². The van der Waals surface area contributed by atoms with Crippen molar-refractivity contribution in [2.24, 2.45) is 11.5 Å². The molecule has 0 saturated heterocycles. The predicted octanol–water partition coefficient (Wildman–Crippen LogP) is 4.14. The Labute approximate surface area is 190 Å². The van der Waals surface area contributed by atoms with Gasteiger partial charge in [-0.2, -0.15) is 74.6 Å². The zero-order chi connectivity index (χ0) is 30.4. The molecular formula is C13H16F17N3O2S. The molecule has 23 heteroatoms. The molecule has 0 fully saturated rings. The van der Waals surface area contributed by atoms with Crippen LogP contribution in [0.5, 0.6) is 0 Å². The van der Waals surface area contributed by atoms with Crippen LogP contribution < -0.4 is 11.5 Å². The Kier molecular flexibility index (Phi) is 10.3. The molecule has 0 radical (unpaired) electrons. The van der Waals surface area contributed by atoms with E-state index in [-0.39, 0.29) is 20.1 Å². The topological polar surface area (TPSA) is 89.4 Å². The lowest BCUT2D eigenvalue weighted by Crippen LogP contribution is -2.75. The molecule has 0 aliphatic heterocycles. The third kappa shape index (κ3) is 5.28. The summed E-state index contributed by atoms with van der Waals surface area (Å²) in [5, 5.41) is -7.49. The zero-order valence-electron chi connectivity index (χ0n) is 17.5. The Balaban J connectivity index is 0. The van der Waals surface area contributed by atoms with Gasteiger partial charge in [0.05, 0.1) is 0 Å². The quantitative estimate of drug-likeness (QED) is 0.389. The molecule has 0 saturated carbocycles. The molecule has 1 unspecified atom stereocenters. The second-order valence-corrected chi connectivity index (χ2v) is 9.15. The Morgan fingerprint density at radius 1 is 0.611 bits per heavy atom. The van der Waals surface area contributed by atoms with Gasteiger partial charge >= 0.3 is 47.0 Å². The molecule has 4 N–H and O–H groups in total. The van der Waals surface area contributed by atoms with Gasteiger partial charge in [0.25, 0.3) is 10.0 Å². The molecule has 0 aromatic carbocycles. The van der Waals surface area contributed by atoms with Gasteiger partial charge in [0.15, 0.2) is 0 Å². The van der Waals surface area contributed by atoms with E-state index in [4.69, 9.17) is 11.5 Å². The highest BCUT2D eigenvalue weighted by Crippen LogP contribution is 2.64. The maximum absolute atomic E-state index is 13.4. The Morgan fingerprint density at radius 2 is 0.833 bits per heavy atom. The van der Waals surface area contributed by atoms with Crippen molar-refractivity contribution in [2.75, 3.05) is 20.6 Å². The highest BCUT2D eigenvalue weighted by Gasteiger charge is 2.96. The van der Waals surface area contributed by atoms with Gasteiger partial charge in [0.1, 0.15) is 0 Å². The largest absolute Gasteiger partial charge is 0.460 e. The number of hydrogen-bond donors (Lipinski definition) is 2. The van der Waals surface area contributed by atoms with Crippen LogP contribution in [0.1, 0.15) is 6.92 Å². The summed E-state index contributed by atoms with van der Waals surface area (Å²) < 4.78 is 241. The maximum Gasteiger partial charge on any atom is 0.460 e. The van der Waals surface area contributed by atoms with Gasteiger partial charge in [-0.3, -0.25) is 0 Å². The van der Waals surface area contributed by atoms with Crippen molar-refractivity contribution in [3.05, 3.63) is 0 Å². The summed E-state index contributed by atoms with van der Waals surface area (Å²) in [5.74, 6) is -51.4. The Morgan fingerprint density at radius 3 is 1.03 bits per heavy atom. The lowest BCUT2D eigenvalue weighted by molar-refractivity contribution is -0.458. The minimum Gasteiger partial charge on any atom is -0.329 e. The van der Waals surface area contributed by atoms with Crippen LogP contribution in [0.15, 0.2) is 0 Å². The van der Waals surface area contributed by atoms with Crippen LogP contribution in [-0.4, -0.2) is 86.4 Å². The van der Waals surface area contributed by atoms with Crippen molar-refractivity contribution in [1.82, 2.24) is 4.31 Å². The van der Waals surface area contributed by atoms with Gasteiger partial charge in [-0.25, -0.2) is 12.7 Å². The van der Waals surface area contributed by atoms with Gasteiger partial charge in [-0.1, -0.05) is 0 Å². The average Bonchev–Trinajstić information content (AvgIpc) is 2.66. The summed E-state index contributed by atoms with van der Waals surface area (Å²) in [5.41, 5.74) is 10.2. The van der Waals surface area contributed by atoms with E-state index in [1.165, 1.54) is 0 Å². The molecule has 0 rings (SSSR count). The fraction of sp³-hybridized carbons (Fsp3) is 1.00. The van der Waals surface area contributed by atoms with Gasteiger partial charge < -0.3 is 11.5 Å². The minimum absolute atomic E-state index is 0.0950. The fourth-order valence-electron chi connectivity index (χ4n) is 1.54. The van der Waals surface area contributed by atoms with E-state index in [2.05, 4.69) is 0 Å². The van der Waals surface area contributed by atoms with Crippen LogP contribution in [0.4, 0.5) is 74.6 Å². The maximum atomic E-state index is 13.4. The standard InChI is InChI=1S/C10H6F17NO2S.C3H10N2/c1-28(2)31(29,30)10(26,27)8(21,22)6(17,18)4(13,14)3(11,12)5(15,16)7(19,20)9(23,24)25;1-3(5)2-4/h1-2H3;3H,2,4-5H2,1H3. The SMILES string of the molecule is CC(N)CN.CN(C)S(=O)(=O)C(F)(F)C(F)(F)C(F)(F)C(F)(F)C(F)(F)C(F)(F)C(F)(F)C(F)(F)F. The van der Waals surface area contributed by atoms with E-state index >= 15 is 0 Å². The summed E-state index contributed by atoms with van der Waals surface area (Å²) in [4.78, 5) is 0. The van der Waals surface area contributed by atoms with Crippen LogP contribution in [-0.2, 0) is 10.0 Å². The summed E-state index contributed by atoms with van der Waals surface area (Å²) in [6, 6.07) is 0.162. The van der Waals surface area contributed by atoms with E-state index in [1.54, 1.807) is 0 Å². The molecule has 0 aromatic rings. The monoisotopic (exact) mass is 601 g/mol. The molecule has 5 nitrogen and oxygen atoms in total.